The number of sulfone groups is 1. The van der Waals surface area contributed by atoms with Crippen molar-refractivity contribution in [2.24, 2.45) is 0 Å². The van der Waals surface area contributed by atoms with Crippen molar-refractivity contribution < 1.29 is 17.9 Å². The lowest BCUT2D eigenvalue weighted by Gasteiger charge is -2.25. The summed E-state index contributed by atoms with van der Waals surface area (Å²) >= 11 is 5.95. The first kappa shape index (κ1) is 26.2. The summed E-state index contributed by atoms with van der Waals surface area (Å²) in [6, 6.07) is 10.9. The Bertz CT molecular complexity index is 1510. The van der Waals surface area contributed by atoms with Crippen LogP contribution in [0.3, 0.4) is 0 Å². The first-order valence-electron chi connectivity index (χ1n) is 12.1. The van der Waals surface area contributed by atoms with Gasteiger partial charge in [0.05, 0.1) is 28.0 Å². The molecule has 198 valence electrons. The molecule has 3 aromatic heterocycles. The fourth-order valence-corrected chi connectivity index (χ4v) is 5.90. The van der Waals surface area contributed by atoms with Gasteiger partial charge in [-0.05, 0) is 44.5 Å². The largest absolute Gasteiger partial charge is 0.490 e. The first-order valence-corrected chi connectivity index (χ1v) is 14.2. The first-order chi connectivity index (χ1) is 18.2. The molecule has 1 aromatic carbocycles. The second-order valence-electron chi connectivity index (χ2n) is 9.30. The van der Waals surface area contributed by atoms with Crippen LogP contribution in [0.25, 0.3) is 11.4 Å². The van der Waals surface area contributed by atoms with E-state index in [1.807, 2.05) is 54.8 Å². The van der Waals surface area contributed by atoms with Gasteiger partial charge >= 0.3 is 0 Å². The Morgan fingerprint density at radius 1 is 1.08 bits per heavy atom. The highest BCUT2D eigenvalue weighted by molar-refractivity contribution is 7.91. The van der Waals surface area contributed by atoms with Gasteiger partial charge in [-0.1, -0.05) is 29.8 Å². The van der Waals surface area contributed by atoms with Crippen LogP contribution in [0.2, 0.25) is 5.02 Å². The van der Waals surface area contributed by atoms with Gasteiger partial charge in [0.2, 0.25) is 0 Å². The third-order valence-electron chi connectivity index (χ3n) is 6.31. The SMILES string of the molecule is CC(C)O[C@@H](c1ncc(Cl)cn1)[C@H](C)S(=O)(=O)Cc1nnc2n1[C@H](c1cccnc1)COc1ccccc1-2. The Balaban J connectivity index is 1.55. The van der Waals surface area contributed by atoms with Crippen LogP contribution < -0.4 is 4.74 Å². The van der Waals surface area contributed by atoms with E-state index < -0.39 is 21.2 Å². The summed E-state index contributed by atoms with van der Waals surface area (Å²) in [5.74, 6) is 1.35. The Labute approximate surface area is 226 Å². The van der Waals surface area contributed by atoms with Crippen molar-refractivity contribution in [3.63, 3.8) is 0 Å². The fraction of sp³-hybridized carbons (Fsp3) is 0.346. The van der Waals surface area contributed by atoms with Gasteiger partial charge in [-0.25, -0.2) is 18.4 Å². The Hall–Kier alpha value is -3.41. The van der Waals surface area contributed by atoms with Crippen LogP contribution in [0.5, 0.6) is 5.75 Å². The molecule has 1 aliphatic rings. The van der Waals surface area contributed by atoms with Crippen LogP contribution in [-0.4, -0.2) is 56.1 Å². The number of hydrogen-bond acceptors (Lipinski definition) is 9. The number of halogens is 1. The molecule has 4 heterocycles. The molecule has 5 rings (SSSR count). The molecule has 0 bridgehead atoms. The molecule has 0 N–H and O–H groups in total. The number of pyridine rings is 1. The zero-order valence-electron chi connectivity index (χ0n) is 21.1. The van der Waals surface area contributed by atoms with Crippen LogP contribution in [0.15, 0.2) is 61.2 Å². The molecule has 0 fully saturated rings. The molecular weight excluding hydrogens is 528 g/mol. The van der Waals surface area contributed by atoms with Gasteiger partial charge in [-0.2, -0.15) is 0 Å². The molecule has 1 aliphatic heterocycles. The molecule has 0 saturated carbocycles. The summed E-state index contributed by atoms with van der Waals surface area (Å²) in [5.41, 5.74) is 1.59. The van der Waals surface area contributed by atoms with Crippen LogP contribution >= 0.6 is 11.6 Å². The number of para-hydroxylation sites is 1. The normalized spacial score (nSPS) is 16.7. The number of ether oxygens (including phenoxy) is 2. The van der Waals surface area contributed by atoms with Crippen LogP contribution in [0.1, 0.15) is 50.1 Å². The molecule has 3 atom stereocenters. The Morgan fingerprint density at radius 2 is 1.84 bits per heavy atom. The highest BCUT2D eigenvalue weighted by atomic mass is 35.5. The molecule has 0 spiro atoms. The number of benzene rings is 1. The molecule has 10 nitrogen and oxygen atoms in total. The van der Waals surface area contributed by atoms with Gasteiger partial charge in [0.15, 0.2) is 21.5 Å². The van der Waals surface area contributed by atoms with E-state index >= 15 is 0 Å². The van der Waals surface area contributed by atoms with E-state index in [0.717, 1.165) is 11.1 Å². The summed E-state index contributed by atoms with van der Waals surface area (Å²) in [7, 11) is -3.83. The van der Waals surface area contributed by atoms with E-state index in [1.165, 1.54) is 12.4 Å². The number of aromatic nitrogens is 6. The lowest BCUT2D eigenvalue weighted by atomic mass is 10.1. The average molecular weight is 555 g/mol. The minimum absolute atomic E-state index is 0.245. The van der Waals surface area contributed by atoms with Crippen molar-refractivity contribution in [2.45, 2.75) is 50.0 Å². The molecule has 0 aliphatic carbocycles. The van der Waals surface area contributed by atoms with Crippen LogP contribution in [0.4, 0.5) is 0 Å². The second kappa shape index (κ2) is 10.8. The number of rotatable bonds is 8. The van der Waals surface area contributed by atoms with Crippen molar-refractivity contribution in [2.75, 3.05) is 6.61 Å². The van der Waals surface area contributed by atoms with Gasteiger partial charge < -0.3 is 9.47 Å². The maximum Gasteiger partial charge on any atom is 0.168 e. The summed E-state index contributed by atoms with van der Waals surface area (Å²) in [6.07, 6.45) is 5.11. The van der Waals surface area contributed by atoms with Gasteiger partial charge in [0, 0.05) is 24.8 Å². The summed E-state index contributed by atoms with van der Waals surface area (Å²) in [5, 5.41) is 8.14. The molecule has 0 saturated heterocycles. The average Bonchev–Trinajstić information content (AvgIpc) is 3.22. The molecular formula is C26H27ClN6O4S. The van der Waals surface area contributed by atoms with E-state index in [-0.39, 0.29) is 30.3 Å². The summed E-state index contributed by atoms with van der Waals surface area (Å²) < 4.78 is 41.6. The van der Waals surface area contributed by atoms with Crippen molar-refractivity contribution >= 4 is 21.4 Å². The third kappa shape index (κ3) is 5.27. The highest BCUT2D eigenvalue weighted by Gasteiger charge is 2.37. The fourth-order valence-electron chi connectivity index (χ4n) is 4.42. The van der Waals surface area contributed by atoms with Crippen LogP contribution in [-0.2, 0) is 20.3 Å². The molecule has 4 aromatic rings. The molecule has 0 amide bonds. The van der Waals surface area contributed by atoms with E-state index in [4.69, 9.17) is 21.1 Å². The second-order valence-corrected chi connectivity index (χ2v) is 12.1. The number of fused-ring (bicyclic) bond motifs is 3. The van der Waals surface area contributed by atoms with Gasteiger partial charge in [0.25, 0.3) is 0 Å². The lowest BCUT2D eigenvalue weighted by Crippen LogP contribution is -2.32. The third-order valence-corrected chi connectivity index (χ3v) is 8.54. The highest BCUT2D eigenvalue weighted by Crippen LogP contribution is 2.37. The topological polar surface area (TPSA) is 122 Å². The number of hydrogen-bond donors (Lipinski definition) is 0. The zero-order valence-corrected chi connectivity index (χ0v) is 22.7. The zero-order chi connectivity index (χ0) is 26.9. The maximum atomic E-state index is 13.8. The predicted molar refractivity (Wildman–Crippen MR) is 141 cm³/mol. The monoisotopic (exact) mass is 554 g/mol. The van der Waals surface area contributed by atoms with Gasteiger partial charge in [-0.3, -0.25) is 9.55 Å². The molecule has 38 heavy (non-hydrogen) atoms. The van der Waals surface area contributed by atoms with Crippen molar-refractivity contribution in [1.29, 1.82) is 0 Å². The minimum atomic E-state index is -3.83. The van der Waals surface area contributed by atoms with E-state index in [9.17, 15) is 8.42 Å². The quantitative estimate of drug-likeness (QED) is 0.315. The molecule has 12 heteroatoms. The van der Waals surface area contributed by atoms with Crippen LogP contribution in [0, 0.1) is 0 Å². The summed E-state index contributed by atoms with van der Waals surface area (Å²) in [6.45, 7) is 5.51. The molecule has 0 unspecified atom stereocenters. The van der Waals surface area contributed by atoms with Crippen molar-refractivity contribution in [1.82, 2.24) is 29.7 Å². The predicted octanol–water partition coefficient (Wildman–Crippen LogP) is 4.23. The van der Waals surface area contributed by atoms with E-state index in [0.29, 0.717) is 22.4 Å². The van der Waals surface area contributed by atoms with Crippen molar-refractivity contribution in [3.05, 3.63) is 83.4 Å². The standard InChI is InChI=1S/C26H27ClN6O4S/c1-16(2)37-24(25-29-12-19(27)13-30-25)17(3)38(34,35)15-23-31-32-26-20-8-4-5-9-22(20)36-14-21(33(23)26)18-7-6-10-28-11-18/h4-13,16-17,21,24H,14-15H2,1-3H3/t17-,21-,24+/m0/s1. The minimum Gasteiger partial charge on any atom is -0.490 e. The lowest BCUT2D eigenvalue weighted by molar-refractivity contribution is 0.00142. The summed E-state index contributed by atoms with van der Waals surface area (Å²) in [4.78, 5) is 12.7. The van der Waals surface area contributed by atoms with Gasteiger partial charge in [-0.15, -0.1) is 10.2 Å². The van der Waals surface area contributed by atoms with E-state index in [2.05, 4.69) is 25.1 Å². The Morgan fingerprint density at radius 3 is 2.55 bits per heavy atom. The number of nitrogens with zero attached hydrogens (tertiary/aromatic N) is 6. The van der Waals surface area contributed by atoms with E-state index in [1.54, 1.807) is 19.3 Å². The maximum absolute atomic E-state index is 13.8. The van der Waals surface area contributed by atoms with Gasteiger partial charge in [0.1, 0.15) is 30.0 Å². The smallest absolute Gasteiger partial charge is 0.168 e. The molecule has 0 radical (unpaired) electrons. The Kier molecular flexibility index (Phi) is 7.42. The van der Waals surface area contributed by atoms with Crippen molar-refractivity contribution in [3.8, 4) is 17.1 Å².